The van der Waals surface area contributed by atoms with E-state index in [1.54, 1.807) is 0 Å². The summed E-state index contributed by atoms with van der Waals surface area (Å²) in [5, 5.41) is 0. The van der Waals surface area contributed by atoms with Crippen LogP contribution in [-0.4, -0.2) is 18.5 Å². The van der Waals surface area contributed by atoms with E-state index in [9.17, 15) is 27.5 Å². The van der Waals surface area contributed by atoms with E-state index in [1.165, 1.54) is 19.9 Å². The molecule has 0 aromatic heterocycles. The molecule has 23 heavy (non-hydrogen) atoms. The molecule has 0 unspecified atom stereocenters. The van der Waals surface area contributed by atoms with E-state index in [2.05, 4.69) is 0 Å². The SMILES string of the molecule is CC(C)c1ccccc1[I+](F)(F)(F)(F)F.O=S(=O)([O-])C(F)(F)F. The molecule has 0 heterocycles. The summed E-state index contributed by atoms with van der Waals surface area (Å²) in [5.41, 5.74) is -5.98. The first-order valence-corrected chi connectivity index (χ1v) is 12.0. The van der Waals surface area contributed by atoms with Gasteiger partial charge in [0.15, 0.2) is 10.1 Å². The maximum atomic E-state index is 12.6. The van der Waals surface area contributed by atoms with Gasteiger partial charge in [-0.1, -0.05) is 0 Å². The van der Waals surface area contributed by atoms with Gasteiger partial charge in [0, 0.05) is 0 Å². The van der Waals surface area contributed by atoms with Crippen LogP contribution >= 0.6 is 0 Å². The molecule has 0 spiro atoms. The fourth-order valence-corrected chi connectivity index (χ4v) is 4.14. The second kappa shape index (κ2) is 5.68. The molecule has 0 fully saturated rings. The first kappa shape index (κ1) is 22.3. The van der Waals surface area contributed by atoms with Gasteiger partial charge in [0.2, 0.25) is 0 Å². The predicted octanol–water partition coefficient (Wildman–Crippen LogP) is 1.69. The second-order valence-electron chi connectivity index (χ2n) is 4.47. The van der Waals surface area contributed by atoms with Crippen LogP contribution < -0.4 is 18.5 Å². The topological polar surface area (TPSA) is 57.2 Å². The summed E-state index contributed by atoms with van der Waals surface area (Å²) in [5.74, 6) is -0.577. The fraction of sp³-hybridized carbons (Fsp3) is 0.400. The zero-order valence-electron chi connectivity index (χ0n) is 11.4. The monoisotopic (exact) mass is 490 g/mol. The van der Waals surface area contributed by atoms with Gasteiger partial charge in [-0.2, -0.15) is 13.2 Å². The van der Waals surface area contributed by atoms with Crippen molar-refractivity contribution in [3.05, 3.63) is 33.4 Å². The minimum absolute atomic E-state index is 0.336. The summed E-state index contributed by atoms with van der Waals surface area (Å²) < 4.78 is 120. The average Bonchev–Trinajstić information content (AvgIpc) is 2.24. The number of halogens is 9. The second-order valence-corrected chi connectivity index (χ2v) is 12.1. The molecule has 0 radical (unpaired) electrons. The molecule has 0 aliphatic heterocycles. The molecule has 3 nitrogen and oxygen atoms in total. The number of benzene rings is 1. The van der Waals surface area contributed by atoms with E-state index in [0.29, 0.717) is 6.07 Å². The van der Waals surface area contributed by atoms with Gasteiger partial charge >= 0.3 is 91.5 Å². The van der Waals surface area contributed by atoms with Crippen molar-refractivity contribution in [2.75, 3.05) is 0 Å². The molecule has 138 valence electrons. The van der Waals surface area contributed by atoms with Gasteiger partial charge in [0.05, 0.1) is 0 Å². The Labute approximate surface area is 128 Å². The van der Waals surface area contributed by atoms with Gasteiger partial charge in [-0.15, -0.1) is 0 Å². The average molecular weight is 490 g/mol. The van der Waals surface area contributed by atoms with Crippen LogP contribution in [-0.2, 0) is 10.1 Å². The van der Waals surface area contributed by atoms with Gasteiger partial charge in [0.1, 0.15) is 0 Å². The standard InChI is InChI=1S/C9H11F5I.CHF3O3S/c1-7(2)8-5-3-4-6-9(8)15(10,11,12,13)14;2-1(3,4)8(5,6)7/h3-7H,1-2H3;(H,5,6,7)/q+1;/p-1. The number of hydrogen-bond acceptors (Lipinski definition) is 3. The molecule has 0 bridgehead atoms. The molecule has 0 amide bonds. The van der Waals surface area contributed by atoms with Crippen LogP contribution in [0.15, 0.2) is 24.3 Å². The Balaban J connectivity index is 0.000000515. The van der Waals surface area contributed by atoms with Crippen molar-refractivity contribution in [1.82, 2.24) is 0 Å². The first-order valence-electron chi connectivity index (χ1n) is 5.45. The third kappa shape index (κ3) is 7.15. The van der Waals surface area contributed by atoms with Gasteiger partial charge in [-0.25, -0.2) is 8.42 Å². The molecule has 0 atom stereocenters. The van der Waals surface area contributed by atoms with E-state index in [-0.39, 0.29) is 5.56 Å². The van der Waals surface area contributed by atoms with E-state index >= 15 is 0 Å². The molecule has 0 aliphatic carbocycles. The summed E-state index contributed by atoms with van der Waals surface area (Å²) in [7, 11) is -6.09. The molecule has 1 aromatic carbocycles. The molecular formula is C10H11F8IO3S. The Hall–Kier alpha value is -0.700. The normalized spacial score (nSPS) is 16.2. The van der Waals surface area contributed by atoms with Gasteiger partial charge in [-0.05, 0) is 0 Å². The largest absolute Gasteiger partial charge is 0.741 e. The maximum absolute atomic E-state index is 12.6. The molecule has 13 heteroatoms. The number of hydrogen-bond donors (Lipinski definition) is 0. The smallest absolute Gasteiger partial charge is 0.485 e. The van der Waals surface area contributed by atoms with Crippen molar-refractivity contribution in [1.29, 1.82) is 0 Å². The zero-order valence-corrected chi connectivity index (χ0v) is 14.4. The number of alkyl halides is 3. The summed E-state index contributed by atoms with van der Waals surface area (Å²) in [6, 6.07) is 3.89. The Kier molecular flexibility index (Phi) is 5.51. The van der Waals surface area contributed by atoms with E-state index in [0.717, 1.165) is 12.1 Å². The summed E-state index contributed by atoms with van der Waals surface area (Å²) in [6.45, 7) is 2.91. The van der Waals surface area contributed by atoms with Crippen molar-refractivity contribution in [3.63, 3.8) is 0 Å². The summed E-state index contributed by atoms with van der Waals surface area (Å²) in [4.78, 5) is 0. The van der Waals surface area contributed by atoms with Crippen molar-refractivity contribution in [2.24, 2.45) is 0 Å². The van der Waals surface area contributed by atoms with Crippen LogP contribution in [0, 0.1) is 3.57 Å². The van der Waals surface area contributed by atoms with Gasteiger partial charge in [-0.3, -0.25) is 0 Å². The van der Waals surface area contributed by atoms with Crippen molar-refractivity contribution >= 4 is 10.1 Å². The van der Waals surface area contributed by atoms with E-state index in [1.807, 2.05) is 0 Å². The van der Waals surface area contributed by atoms with Crippen molar-refractivity contribution < 1.29 is 59.0 Å². The van der Waals surface area contributed by atoms with Crippen LogP contribution in [0.25, 0.3) is 0 Å². The summed E-state index contributed by atoms with van der Waals surface area (Å²) >= 11 is -10.3. The molecule has 1 aromatic rings. The van der Waals surface area contributed by atoms with Crippen LogP contribution in [0.3, 0.4) is 0 Å². The minimum atomic E-state index is -10.3. The zero-order chi connectivity index (χ0) is 19.0. The van der Waals surface area contributed by atoms with Crippen molar-refractivity contribution in [3.8, 4) is 0 Å². The molecular weight excluding hydrogens is 479 g/mol. The Morgan fingerprint density at radius 2 is 1.35 bits per heavy atom. The quantitative estimate of drug-likeness (QED) is 0.275. The molecule has 0 saturated carbocycles. The third-order valence-corrected chi connectivity index (χ3v) is 5.94. The summed E-state index contributed by atoms with van der Waals surface area (Å²) in [6.07, 6.45) is 0. The van der Waals surface area contributed by atoms with Crippen molar-refractivity contribution in [2.45, 2.75) is 25.3 Å². The van der Waals surface area contributed by atoms with Gasteiger partial charge < -0.3 is 4.55 Å². The van der Waals surface area contributed by atoms with E-state index in [4.69, 9.17) is 13.0 Å². The van der Waals surface area contributed by atoms with Gasteiger partial charge in [0.25, 0.3) is 0 Å². The predicted molar refractivity (Wildman–Crippen MR) is 60.5 cm³/mol. The Morgan fingerprint density at radius 3 is 1.57 bits per heavy atom. The molecule has 0 aliphatic rings. The molecule has 1 rings (SSSR count). The Bertz CT molecular complexity index is 663. The molecule has 0 N–H and O–H groups in total. The van der Waals surface area contributed by atoms with Crippen LogP contribution in [0.1, 0.15) is 25.3 Å². The Morgan fingerprint density at radius 1 is 1.00 bits per heavy atom. The third-order valence-electron chi connectivity index (χ3n) is 2.20. The minimum Gasteiger partial charge on any atom is -0.741 e. The fourth-order valence-electron chi connectivity index (χ4n) is 1.27. The van der Waals surface area contributed by atoms with Crippen LogP contribution in [0.5, 0.6) is 0 Å². The van der Waals surface area contributed by atoms with Crippen LogP contribution in [0.2, 0.25) is 0 Å². The first-order chi connectivity index (χ1) is 9.66. The van der Waals surface area contributed by atoms with Crippen LogP contribution in [0.4, 0.5) is 27.5 Å². The van der Waals surface area contributed by atoms with E-state index < -0.39 is 43.6 Å². The maximum Gasteiger partial charge on any atom is 0.485 e. The number of rotatable bonds is 2. The molecule has 0 saturated heterocycles.